The molecule has 3 rings (SSSR count). The Balaban J connectivity index is 0.00000408. The molecule has 2 aromatic carbocycles. The fourth-order valence-corrected chi connectivity index (χ4v) is 3.86. The van der Waals surface area contributed by atoms with E-state index in [0.717, 1.165) is 4.31 Å². The van der Waals surface area contributed by atoms with Crippen molar-refractivity contribution < 1.29 is 22.4 Å². The number of aryl methyl sites for hydroxylation is 1. The average Bonchev–Trinajstić information content (AvgIpc) is 2.72. The van der Waals surface area contributed by atoms with Crippen molar-refractivity contribution in [2.24, 2.45) is 0 Å². The molecule has 0 spiro atoms. The minimum atomic E-state index is -3.66. The van der Waals surface area contributed by atoms with Crippen LogP contribution in [0.25, 0.3) is 11.0 Å². The fourth-order valence-electron chi connectivity index (χ4n) is 3.05. The van der Waals surface area contributed by atoms with Crippen molar-refractivity contribution in [1.82, 2.24) is 9.21 Å². The van der Waals surface area contributed by atoms with Crippen LogP contribution in [0.3, 0.4) is 0 Å². The van der Waals surface area contributed by atoms with Crippen LogP contribution in [0.15, 0.2) is 45.6 Å². The molecular formula is C22H24ClKN3O6S. The van der Waals surface area contributed by atoms with Crippen LogP contribution in [0, 0.1) is 6.92 Å². The first-order chi connectivity index (χ1) is 15.4. The van der Waals surface area contributed by atoms with Gasteiger partial charge in [-0.05, 0) is 36.2 Å². The molecule has 12 heteroatoms. The smallest absolute Gasteiger partial charge is 0.414 e. The van der Waals surface area contributed by atoms with Crippen LogP contribution in [0.1, 0.15) is 16.7 Å². The van der Waals surface area contributed by atoms with E-state index in [0.29, 0.717) is 27.8 Å². The number of carbonyl (C=O) groups is 1. The number of benzene rings is 2. The SMILES string of the molecule is Cc1c(Cc2cccc(NS(=O)(=O)N(C)C)c2)c(=O)oc2cc(OC(=O)N(C)C)c(Cl)cc12.[K]. The van der Waals surface area contributed by atoms with Gasteiger partial charge in [-0.15, -0.1) is 0 Å². The van der Waals surface area contributed by atoms with Gasteiger partial charge in [0.25, 0.3) is 0 Å². The van der Waals surface area contributed by atoms with Crippen LogP contribution in [0.2, 0.25) is 5.02 Å². The summed E-state index contributed by atoms with van der Waals surface area (Å²) < 4.78 is 38.4. The number of nitrogens with zero attached hydrogens (tertiary/aromatic N) is 2. The summed E-state index contributed by atoms with van der Waals surface area (Å²) in [5.74, 6) is 0.0824. The summed E-state index contributed by atoms with van der Waals surface area (Å²) in [7, 11) is 2.26. The second kappa shape index (κ2) is 11.5. The number of nitrogens with one attached hydrogen (secondary N) is 1. The van der Waals surface area contributed by atoms with Crippen LogP contribution in [-0.4, -0.2) is 103 Å². The van der Waals surface area contributed by atoms with Crippen molar-refractivity contribution in [3.05, 3.63) is 68.5 Å². The van der Waals surface area contributed by atoms with Gasteiger partial charge in [0.1, 0.15) is 5.58 Å². The molecular weight excluding hydrogens is 509 g/mol. The van der Waals surface area contributed by atoms with Crippen molar-refractivity contribution in [3.63, 3.8) is 0 Å². The summed E-state index contributed by atoms with van der Waals surface area (Å²) >= 11 is 6.30. The summed E-state index contributed by atoms with van der Waals surface area (Å²) in [6.45, 7) is 1.77. The molecule has 3 aromatic rings. The topological polar surface area (TPSA) is 109 Å². The van der Waals surface area contributed by atoms with E-state index in [1.54, 1.807) is 37.3 Å². The molecule has 0 saturated heterocycles. The van der Waals surface area contributed by atoms with Crippen molar-refractivity contribution >= 4 is 95.9 Å². The Morgan fingerprint density at radius 2 is 1.82 bits per heavy atom. The normalized spacial score (nSPS) is 11.3. The zero-order valence-corrected chi connectivity index (χ0v) is 24.5. The molecule has 34 heavy (non-hydrogen) atoms. The van der Waals surface area contributed by atoms with Crippen LogP contribution < -0.4 is 15.1 Å². The summed E-state index contributed by atoms with van der Waals surface area (Å²) in [5, 5.41) is 0.796. The first-order valence-electron chi connectivity index (χ1n) is 9.83. The maximum Gasteiger partial charge on any atom is 0.414 e. The number of hydrogen-bond acceptors (Lipinski definition) is 6. The van der Waals surface area contributed by atoms with Gasteiger partial charge in [-0.2, -0.15) is 12.7 Å². The Kier molecular flexibility index (Phi) is 9.76. The van der Waals surface area contributed by atoms with Crippen LogP contribution in [0.5, 0.6) is 5.75 Å². The minimum absolute atomic E-state index is 0. The number of ether oxygens (including phenoxy) is 1. The Bertz CT molecular complexity index is 1390. The van der Waals surface area contributed by atoms with Gasteiger partial charge in [-0.25, -0.2) is 9.59 Å². The van der Waals surface area contributed by atoms with Gasteiger partial charge in [0, 0.05) is 103 Å². The Morgan fingerprint density at radius 1 is 1.15 bits per heavy atom. The molecule has 0 aliphatic heterocycles. The van der Waals surface area contributed by atoms with E-state index in [1.807, 2.05) is 0 Å². The van der Waals surface area contributed by atoms with E-state index in [2.05, 4.69) is 4.72 Å². The number of amides is 1. The molecule has 1 N–H and O–H groups in total. The monoisotopic (exact) mass is 532 g/mol. The molecule has 0 fully saturated rings. The van der Waals surface area contributed by atoms with Gasteiger partial charge in [-0.1, -0.05) is 23.7 Å². The summed E-state index contributed by atoms with van der Waals surface area (Å²) in [5.41, 5.74) is 1.84. The van der Waals surface area contributed by atoms with E-state index in [9.17, 15) is 18.0 Å². The maximum absolute atomic E-state index is 12.8. The van der Waals surface area contributed by atoms with Gasteiger partial charge in [0.05, 0.1) is 10.7 Å². The second-order valence-electron chi connectivity index (χ2n) is 7.80. The number of hydrogen-bond donors (Lipinski definition) is 1. The zero-order valence-electron chi connectivity index (χ0n) is 19.8. The maximum atomic E-state index is 12.8. The van der Waals surface area contributed by atoms with E-state index in [1.165, 1.54) is 39.2 Å². The van der Waals surface area contributed by atoms with E-state index < -0.39 is 21.9 Å². The molecule has 0 bridgehead atoms. The van der Waals surface area contributed by atoms with Crippen LogP contribution >= 0.6 is 11.6 Å². The Morgan fingerprint density at radius 3 is 2.44 bits per heavy atom. The fraction of sp³-hybridized carbons (Fsp3) is 0.273. The summed E-state index contributed by atoms with van der Waals surface area (Å²) in [4.78, 5) is 25.9. The molecule has 9 nitrogen and oxygen atoms in total. The standard InChI is InChI=1S/C22H24ClN3O6S.K/c1-13-16-11-18(23)20(32-22(28)25(2)3)12-19(16)31-21(27)17(13)10-14-7-6-8-15(9-14)24-33(29,30)26(4)5;/h6-9,11-12,24H,10H2,1-5H3;. The number of anilines is 1. The zero-order chi connectivity index (χ0) is 24.5. The largest absolute Gasteiger partial charge is 0.422 e. The average molecular weight is 533 g/mol. The van der Waals surface area contributed by atoms with Crippen molar-refractivity contribution in [2.45, 2.75) is 13.3 Å². The third-order valence-corrected chi connectivity index (χ3v) is 6.69. The van der Waals surface area contributed by atoms with Gasteiger partial charge >= 0.3 is 21.9 Å². The molecule has 0 aliphatic carbocycles. The predicted molar refractivity (Wildman–Crippen MR) is 133 cm³/mol. The summed E-state index contributed by atoms with van der Waals surface area (Å²) in [6.07, 6.45) is -0.395. The third kappa shape index (κ3) is 6.61. The van der Waals surface area contributed by atoms with Gasteiger partial charge in [0.15, 0.2) is 5.75 Å². The van der Waals surface area contributed by atoms with Gasteiger partial charge < -0.3 is 14.1 Å². The quantitative estimate of drug-likeness (QED) is 0.385. The number of halogens is 1. The van der Waals surface area contributed by atoms with Gasteiger partial charge in [0.2, 0.25) is 0 Å². The molecule has 1 heterocycles. The Hall–Kier alpha value is -1.44. The molecule has 1 amide bonds. The molecule has 0 aliphatic rings. The Labute approximate surface area is 245 Å². The first-order valence-corrected chi connectivity index (χ1v) is 11.6. The molecule has 177 valence electrons. The molecule has 0 atom stereocenters. The minimum Gasteiger partial charge on any atom is -0.422 e. The number of fused-ring (bicyclic) bond motifs is 1. The second-order valence-corrected chi connectivity index (χ2v) is 10.1. The number of rotatable bonds is 6. The van der Waals surface area contributed by atoms with E-state index in [4.69, 9.17) is 20.8 Å². The predicted octanol–water partition coefficient (Wildman–Crippen LogP) is 3.24. The van der Waals surface area contributed by atoms with Crippen LogP contribution in [0.4, 0.5) is 10.5 Å². The first kappa shape index (κ1) is 28.8. The molecule has 0 unspecified atom stereocenters. The molecule has 1 radical (unpaired) electrons. The van der Waals surface area contributed by atoms with E-state index >= 15 is 0 Å². The molecule has 0 saturated carbocycles. The van der Waals surface area contributed by atoms with Crippen molar-refractivity contribution in [1.29, 1.82) is 0 Å². The van der Waals surface area contributed by atoms with E-state index in [-0.39, 0.29) is 74.2 Å². The van der Waals surface area contributed by atoms with Crippen LogP contribution in [-0.2, 0) is 16.6 Å². The number of carbonyl (C=O) groups excluding carboxylic acids is 1. The molecule has 1 aromatic heterocycles. The van der Waals surface area contributed by atoms with Gasteiger partial charge in [-0.3, -0.25) is 4.72 Å². The summed E-state index contributed by atoms with van der Waals surface area (Å²) in [6, 6.07) is 9.75. The van der Waals surface area contributed by atoms with Crippen molar-refractivity contribution in [3.8, 4) is 5.75 Å². The third-order valence-electron chi connectivity index (χ3n) is 4.94. The van der Waals surface area contributed by atoms with Crippen molar-refractivity contribution in [2.75, 3.05) is 32.9 Å².